The van der Waals surface area contributed by atoms with Crippen molar-refractivity contribution in [1.29, 1.82) is 0 Å². The van der Waals surface area contributed by atoms with E-state index in [4.69, 9.17) is 9.47 Å². The lowest BCUT2D eigenvalue weighted by atomic mass is 9.93. The van der Waals surface area contributed by atoms with Crippen molar-refractivity contribution < 1.29 is 14.3 Å². The summed E-state index contributed by atoms with van der Waals surface area (Å²) in [6.07, 6.45) is 4.93. The second-order valence-corrected chi connectivity index (χ2v) is 6.34. The van der Waals surface area contributed by atoms with Gasteiger partial charge in [-0.2, -0.15) is 0 Å². The number of amides is 1. The molecule has 0 aromatic rings. The van der Waals surface area contributed by atoms with Crippen LogP contribution in [0.1, 0.15) is 59.8 Å². The summed E-state index contributed by atoms with van der Waals surface area (Å²) in [7, 11) is 0. The summed E-state index contributed by atoms with van der Waals surface area (Å²) in [6, 6.07) is 0. The Balaban J connectivity index is 3.18. The fourth-order valence-electron chi connectivity index (χ4n) is 1.59. The zero-order valence-electron chi connectivity index (χ0n) is 13.8. The Morgan fingerprint density at radius 1 is 1.00 bits per heavy atom. The van der Waals surface area contributed by atoms with Crippen molar-refractivity contribution >= 4 is 5.91 Å². The standard InChI is InChI=1S/C16H33NO3/c1-5-6-7-8-15(18)17-10-12-20-14-13-19-11-9-16(2,3)4/h5-14H2,1-4H3,(H,17,18). The van der Waals surface area contributed by atoms with Crippen LogP contribution >= 0.6 is 0 Å². The van der Waals surface area contributed by atoms with Gasteiger partial charge in [0, 0.05) is 19.6 Å². The molecule has 1 amide bonds. The molecular weight excluding hydrogens is 254 g/mol. The summed E-state index contributed by atoms with van der Waals surface area (Å²) < 4.78 is 10.9. The maximum atomic E-state index is 11.4. The zero-order chi connectivity index (χ0) is 15.3. The van der Waals surface area contributed by atoms with Crippen LogP contribution in [0.15, 0.2) is 0 Å². The number of unbranched alkanes of at least 4 members (excludes halogenated alkanes) is 2. The lowest BCUT2D eigenvalue weighted by molar-refractivity contribution is -0.121. The lowest BCUT2D eigenvalue weighted by Crippen LogP contribution is -2.27. The molecular formula is C16H33NO3. The molecule has 0 aliphatic heterocycles. The Morgan fingerprint density at radius 3 is 2.25 bits per heavy atom. The van der Waals surface area contributed by atoms with E-state index >= 15 is 0 Å². The van der Waals surface area contributed by atoms with Gasteiger partial charge in [-0.1, -0.05) is 40.5 Å². The normalized spacial score (nSPS) is 11.6. The molecule has 0 atom stereocenters. The van der Waals surface area contributed by atoms with Gasteiger partial charge in [0.1, 0.15) is 0 Å². The van der Waals surface area contributed by atoms with Crippen LogP contribution in [0.3, 0.4) is 0 Å². The van der Waals surface area contributed by atoms with Gasteiger partial charge in [-0.25, -0.2) is 0 Å². The fraction of sp³-hybridized carbons (Fsp3) is 0.938. The Morgan fingerprint density at radius 2 is 1.65 bits per heavy atom. The average Bonchev–Trinajstić information content (AvgIpc) is 2.36. The Kier molecular flexibility index (Phi) is 11.8. The van der Waals surface area contributed by atoms with E-state index in [-0.39, 0.29) is 5.91 Å². The van der Waals surface area contributed by atoms with Gasteiger partial charge in [-0.3, -0.25) is 4.79 Å². The highest BCUT2D eigenvalue weighted by atomic mass is 16.5. The number of nitrogens with one attached hydrogen (secondary N) is 1. The molecule has 0 fully saturated rings. The molecule has 0 aliphatic rings. The Hall–Kier alpha value is -0.610. The predicted molar refractivity (Wildman–Crippen MR) is 82.9 cm³/mol. The molecule has 120 valence electrons. The second-order valence-electron chi connectivity index (χ2n) is 6.34. The van der Waals surface area contributed by atoms with E-state index in [0.29, 0.717) is 38.2 Å². The summed E-state index contributed by atoms with van der Waals surface area (Å²) in [5.74, 6) is 0.128. The van der Waals surface area contributed by atoms with E-state index in [9.17, 15) is 4.79 Å². The molecule has 0 saturated carbocycles. The zero-order valence-corrected chi connectivity index (χ0v) is 13.8. The molecule has 0 aromatic carbocycles. The smallest absolute Gasteiger partial charge is 0.220 e. The molecule has 0 aromatic heterocycles. The molecule has 0 bridgehead atoms. The summed E-state index contributed by atoms with van der Waals surface area (Å²) in [6.45, 7) is 11.9. The van der Waals surface area contributed by atoms with Crippen LogP contribution in [0.4, 0.5) is 0 Å². The fourth-order valence-corrected chi connectivity index (χ4v) is 1.59. The first-order valence-electron chi connectivity index (χ1n) is 7.88. The highest BCUT2D eigenvalue weighted by Crippen LogP contribution is 2.17. The molecule has 0 radical (unpaired) electrons. The second kappa shape index (κ2) is 12.2. The quantitative estimate of drug-likeness (QED) is 0.561. The Labute approximate surface area is 124 Å². The van der Waals surface area contributed by atoms with Crippen molar-refractivity contribution in [2.45, 2.75) is 59.8 Å². The Bertz CT molecular complexity index is 236. The number of carbonyl (C=O) groups excluding carboxylic acids is 1. The molecule has 0 heterocycles. The van der Waals surface area contributed by atoms with Gasteiger partial charge >= 0.3 is 0 Å². The molecule has 20 heavy (non-hydrogen) atoms. The maximum absolute atomic E-state index is 11.4. The first-order chi connectivity index (χ1) is 9.45. The van der Waals surface area contributed by atoms with Crippen LogP contribution in [0.2, 0.25) is 0 Å². The van der Waals surface area contributed by atoms with Gasteiger partial charge in [0.2, 0.25) is 5.91 Å². The highest BCUT2D eigenvalue weighted by Gasteiger charge is 2.08. The summed E-state index contributed by atoms with van der Waals surface area (Å²) in [5, 5.41) is 2.86. The number of hydrogen-bond donors (Lipinski definition) is 1. The largest absolute Gasteiger partial charge is 0.379 e. The molecule has 4 heteroatoms. The van der Waals surface area contributed by atoms with Gasteiger partial charge < -0.3 is 14.8 Å². The monoisotopic (exact) mass is 287 g/mol. The van der Waals surface area contributed by atoms with Gasteiger partial charge in [-0.15, -0.1) is 0 Å². The first kappa shape index (κ1) is 19.4. The topological polar surface area (TPSA) is 47.6 Å². The van der Waals surface area contributed by atoms with Crippen molar-refractivity contribution in [1.82, 2.24) is 5.32 Å². The minimum Gasteiger partial charge on any atom is -0.379 e. The molecule has 1 N–H and O–H groups in total. The minimum atomic E-state index is 0.128. The van der Waals surface area contributed by atoms with E-state index in [0.717, 1.165) is 32.3 Å². The van der Waals surface area contributed by atoms with E-state index < -0.39 is 0 Å². The molecule has 0 spiro atoms. The molecule has 0 saturated heterocycles. The van der Waals surface area contributed by atoms with Gasteiger partial charge in [-0.05, 0) is 18.3 Å². The van der Waals surface area contributed by atoms with Crippen LogP contribution in [-0.4, -0.2) is 38.9 Å². The van der Waals surface area contributed by atoms with Crippen molar-refractivity contribution in [3.05, 3.63) is 0 Å². The summed E-state index contributed by atoms with van der Waals surface area (Å²) in [5.41, 5.74) is 0.322. The average molecular weight is 287 g/mol. The van der Waals surface area contributed by atoms with Crippen LogP contribution in [0.25, 0.3) is 0 Å². The number of ether oxygens (including phenoxy) is 2. The summed E-state index contributed by atoms with van der Waals surface area (Å²) in [4.78, 5) is 11.4. The van der Waals surface area contributed by atoms with Crippen LogP contribution in [0.5, 0.6) is 0 Å². The minimum absolute atomic E-state index is 0.128. The van der Waals surface area contributed by atoms with E-state index in [1.165, 1.54) is 0 Å². The van der Waals surface area contributed by atoms with Crippen molar-refractivity contribution in [3.8, 4) is 0 Å². The van der Waals surface area contributed by atoms with Gasteiger partial charge in [0.05, 0.1) is 19.8 Å². The molecule has 0 rings (SSSR count). The third-order valence-electron chi connectivity index (χ3n) is 2.94. The van der Waals surface area contributed by atoms with Crippen LogP contribution in [-0.2, 0) is 14.3 Å². The van der Waals surface area contributed by atoms with Crippen molar-refractivity contribution in [2.24, 2.45) is 5.41 Å². The highest BCUT2D eigenvalue weighted by molar-refractivity contribution is 5.75. The van der Waals surface area contributed by atoms with Crippen molar-refractivity contribution in [2.75, 3.05) is 33.0 Å². The maximum Gasteiger partial charge on any atom is 0.220 e. The third-order valence-corrected chi connectivity index (χ3v) is 2.94. The third kappa shape index (κ3) is 15.4. The van der Waals surface area contributed by atoms with Crippen molar-refractivity contribution in [3.63, 3.8) is 0 Å². The molecule has 4 nitrogen and oxygen atoms in total. The number of hydrogen-bond acceptors (Lipinski definition) is 3. The predicted octanol–water partition coefficient (Wildman–Crippen LogP) is 3.15. The van der Waals surface area contributed by atoms with E-state index in [1.807, 2.05) is 0 Å². The van der Waals surface area contributed by atoms with Gasteiger partial charge in [0.25, 0.3) is 0 Å². The lowest BCUT2D eigenvalue weighted by Gasteiger charge is -2.17. The SMILES string of the molecule is CCCCCC(=O)NCCOCCOCCC(C)(C)C. The molecule has 0 unspecified atom stereocenters. The van der Waals surface area contributed by atoms with E-state index in [2.05, 4.69) is 33.0 Å². The molecule has 0 aliphatic carbocycles. The van der Waals surface area contributed by atoms with E-state index in [1.54, 1.807) is 0 Å². The van der Waals surface area contributed by atoms with Crippen LogP contribution < -0.4 is 5.32 Å². The van der Waals surface area contributed by atoms with Crippen LogP contribution in [0, 0.1) is 5.41 Å². The number of carbonyl (C=O) groups is 1. The summed E-state index contributed by atoms with van der Waals surface area (Å²) >= 11 is 0. The first-order valence-corrected chi connectivity index (χ1v) is 7.88. The number of rotatable bonds is 12. The van der Waals surface area contributed by atoms with Gasteiger partial charge in [0.15, 0.2) is 0 Å².